The van der Waals surface area contributed by atoms with E-state index in [4.69, 9.17) is 4.74 Å². The van der Waals surface area contributed by atoms with E-state index in [2.05, 4.69) is 17.1 Å². The maximum Gasteiger partial charge on any atom is 0.246 e. The summed E-state index contributed by atoms with van der Waals surface area (Å²) in [5, 5.41) is 3.60. The first-order chi connectivity index (χ1) is 6.84. The van der Waals surface area contributed by atoms with Gasteiger partial charge in [-0.05, 0) is 25.0 Å². The Labute approximate surface area is 89.0 Å². The van der Waals surface area contributed by atoms with Gasteiger partial charge in [-0.2, -0.15) is 11.8 Å². The molecule has 0 saturated carbocycles. The average Bonchev–Trinajstić information content (AvgIpc) is 2.23. The van der Waals surface area contributed by atoms with Gasteiger partial charge in [-0.15, -0.1) is 0 Å². The molecule has 80 valence electrons. The number of morpholine rings is 1. The van der Waals surface area contributed by atoms with Crippen LogP contribution in [0.3, 0.4) is 0 Å². The van der Waals surface area contributed by atoms with Crippen LogP contribution in [-0.2, 0) is 9.53 Å². The lowest BCUT2D eigenvalue weighted by atomic mass is 10.1. The molecule has 0 radical (unpaired) electrons. The fourth-order valence-corrected chi connectivity index (χ4v) is 3.36. The monoisotopic (exact) mass is 215 g/mol. The molecule has 0 aromatic carbocycles. The van der Waals surface area contributed by atoms with E-state index < -0.39 is 0 Å². The lowest BCUT2D eigenvalue weighted by molar-refractivity contribution is -0.133. The highest BCUT2D eigenvalue weighted by molar-refractivity contribution is 7.99. The van der Waals surface area contributed by atoms with Crippen molar-refractivity contribution in [2.24, 2.45) is 0 Å². The van der Waals surface area contributed by atoms with E-state index in [1.807, 2.05) is 0 Å². The molecule has 2 atom stereocenters. The molecule has 2 fully saturated rings. The summed E-state index contributed by atoms with van der Waals surface area (Å²) in [6.07, 6.45) is 5.40. The summed E-state index contributed by atoms with van der Waals surface area (Å²) in [6.45, 7) is 0.956. The van der Waals surface area contributed by atoms with Crippen LogP contribution in [0.1, 0.15) is 25.7 Å². The summed E-state index contributed by atoms with van der Waals surface area (Å²) >= 11 is 2.06. The predicted octanol–water partition coefficient (Wildman–Crippen LogP) is 1.18. The minimum absolute atomic E-state index is 0.0255. The highest BCUT2D eigenvalue weighted by Crippen LogP contribution is 2.29. The van der Waals surface area contributed by atoms with Crippen LogP contribution in [-0.4, -0.2) is 36.2 Å². The number of amides is 1. The molecule has 2 heterocycles. The number of hydrogen-bond acceptors (Lipinski definition) is 3. The zero-order valence-corrected chi connectivity index (χ0v) is 9.15. The first kappa shape index (κ1) is 10.3. The minimum Gasteiger partial charge on any atom is -0.367 e. The van der Waals surface area contributed by atoms with Crippen LogP contribution in [0.5, 0.6) is 0 Å². The Balaban J connectivity index is 1.71. The molecule has 2 aliphatic rings. The molecule has 4 heteroatoms. The highest BCUT2D eigenvalue weighted by Gasteiger charge is 2.23. The second-order valence-corrected chi connectivity index (χ2v) is 5.37. The third kappa shape index (κ3) is 2.89. The van der Waals surface area contributed by atoms with Gasteiger partial charge in [0.15, 0.2) is 0 Å². The molecule has 2 aliphatic heterocycles. The van der Waals surface area contributed by atoms with Gasteiger partial charge in [-0.25, -0.2) is 0 Å². The summed E-state index contributed by atoms with van der Waals surface area (Å²) in [6, 6.07) is 0. The molecule has 0 aromatic rings. The molecule has 2 unspecified atom stereocenters. The number of ether oxygens (including phenoxy) is 1. The lowest BCUT2D eigenvalue weighted by Gasteiger charge is -2.28. The van der Waals surface area contributed by atoms with Crippen molar-refractivity contribution in [1.29, 1.82) is 0 Å². The van der Waals surface area contributed by atoms with Gasteiger partial charge in [0, 0.05) is 11.8 Å². The zero-order valence-electron chi connectivity index (χ0n) is 8.33. The molecule has 0 spiro atoms. The first-order valence-corrected chi connectivity index (χ1v) is 6.39. The number of rotatable bonds is 2. The molecule has 3 nitrogen and oxygen atoms in total. The van der Waals surface area contributed by atoms with Crippen LogP contribution < -0.4 is 5.32 Å². The van der Waals surface area contributed by atoms with Crippen LogP contribution in [0.4, 0.5) is 0 Å². The largest absolute Gasteiger partial charge is 0.367 e. The summed E-state index contributed by atoms with van der Waals surface area (Å²) < 4.78 is 5.47. The molecule has 2 saturated heterocycles. The van der Waals surface area contributed by atoms with E-state index in [9.17, 15) is 4.79 Å². The molecular formula is C10H17NO2S. The Morgan fingerprint density at radius 3 is 3.07 bits per heavy atom. The molecule has 0 aliphatic carbocycles. The summed E-state index contributed by atoms with van der Waals surface area (Å²) in [5.41, 5.74) is 0. The third-order valence-electron chi connectivity index (χ3n) is 2.78. The van der Waals surface area contributed by atoms with Gasteiger partial charge in [-0.3, -0.25) is 4.79 Å². The van der Waals surface area contributed by atoms with Gasteiger partial charge in [-0.1, -0.05) is 6.42 Å². The second kappa shape index (κ2) is 5.03. The molecule has 1 amide bonds. The number of carbonyl (C=O) groups is 1. The lowest BCUT2D eigenvalue weighted by Crippen LogP contribution is -2.44. The molecule has 14 heavy (non-hydrogen) atoms. The number of hydrogen-bond donors (Lipinski definition) is 1. The van der Waals surface area contributed by atoms with Crippen molar-refractivity contribution in [3.8, 4) is 0 Å². The van der Waals surface area contributed by atoms with E-state index in [1.54, 1.807) is 0 Å². The zero-order chi connectivity index (χ0) is 9.80. The number of nitrogens with one attached hydrogen (secondary N) is 1. The Hall–Kier alpha value is -0.220. The molecule has 2 rings (SSSR count). The minimum atomic E-state index is 0.0255. The third-order valence-corrected chi connectivity index (χ3v) is 4.20. The highest BCUT2D eigenvalue weighted by atomic mass is 32.2. The van der Waals surface area contributed by atoms with Gasteiger partial charge in [0.05, 0.1) is 6.10 Å². The summed E-state index contributed by atoms with van der Waals surface area (Å²) in [7, 11) is 0. The van der Waals surface area contributed by atoms with E-state index in [0.29, 0.717) is 6.54 Å². The summed E-state index contributed by atoms with van der Waals surface area (Å²) in [4.78, 5) is 10.9. The van der Waals surface area contributed by atoms with Crippen molar-refractivity contribution in [2.75, 3.05) is 18.9 Å². The predicted molar refractivity (Wildman–Crippen MR) is 57.5 cm³/mol. The SMILES string of the molecule is O=C1COC(CC2CCCCS2)CN1. The second-order valence-electron chi connectivity index (χ2n) is 3.96. The quantitative estimate of drug-likeness (QED) is 0.751. The van der Waals surface area contributed by atoms with Gasteiger partial charge < -0.3 is 10.1 Å². The van der Waals surface area contributed by atoms with Crippen LogP contribution >= 0.6 is 11.8 Å². The maximum absolute atomic E-state index is 10.9. The van der Waals surface area contributed by atoms with Gasteiger partial charge in [0.25, 0.3) is 0 Å². The average molecular weight is 215 g/mol. The van der Waals surface area contributed by atoms with Gasteiger partial charge in [0.1, 0.15) is 6.61 Å². The Morgan fingerprint density at radius 2 is 2.43 bits per heavy atom. The van der Waals surface area contributed by atoms with Crippen molar-refractivity contribution >= 4 is 17.7 Å². The van der Waals surface area contributed by atoms with Crippen LogP contribution in [0.15, 0.2) is 0 Å². The maximum atomic E-state index is 10.9. The van der Waals surface area contributed by atoms with E-state index in [0.717, 1.165) is 11.7 Å². The van der Waals surface area contributed by atoms with Gasteiger partial charge >= 0.3 is 0 Å². The molecular weight excluding hydrogens is 198 g/mol. The number of carbonyl (C=O) groups excluding carboxylic acids is 1. The Kier molecular flexibility index (Phi) is 3.70. The van der Waals surface area contributed by atoms with Crippen molar-refractivity contribution in [3.05, 3.63) is 0 Å². The van der Waals surface area contributed by atoms with Gasteiger partial charge in [0.2, 0.25) is 5.91 Å². The van der Waals surface area contributed by atoms with Crippen molar-refractivity contribution in [3.63, 3.8) is 0 Å². The van der Waals surface area contributed by atoms with E-state index >= 15 is 0 Å². The van der Waals surface area contributed by atoms with Crippen molar-refractivity contribution in [2.45, 2.75) is 37.0 Å². The summed E-state index contributed by atoms with van der Waals surface area (Å²) in [5.74, 6) is 1.32. The van der Waals surface area contributed by atoms with Crippen molar-refractivity contribution < 1.29 is 9.53 Å². The van der Waals surface area contributed by atoms with Crippen LogP contribution in [0.25, 0.3) is 0 Å². The smallest absolute Gasteiger partial charge is 0.246 e. The molecule has 0 bridgehead atoms. The van der Waals surface area contributed by atoms with Crippen LogP contribution in [0.2, 0.25) is 0 Å². The number of thioether (sulfide) groups is 1. The Bertz CT molecular complexity index is 194. The first-order valence-electron chi connectivity index (χ1n) is 5.34. The Morgan fingerprint density at radius 1 is 1.50 bits per heavy atom. The topological polar surface area (TPSA) is 38.3 Å². The normalized spacial score (nSPS) is 33.9. The molecule has 1 N–H and O–H groups in total. The fraction of sp³-hybridized carbons (Fsp3) is 0.900. The standard InChI is InChI=1S/C10H17NO2S/c12-10-7-13-8(6-11-10)5-9-3-1-2-4-14-9/h8-9H,1-7H2,(H,11,12). The fourth-order valence-electron chi connectivity index (χ4n) is 1.97. The van der Waals surface area contributed by atoms with E-state index in [1.165, 1.54) is 25.0 Å². The van der Waals surface area contributed by atoms with Crippen molar-refractivity contribution in [1.82, 2.24) is 5.32 Å². The molecule has 0 aromatic heterocycles. The van der Waals surface area contributed by atoms with E-state index in [-0.39, 0.29) is 18.6 Å². The van der Waals surface area contributed by atoms with Crippen LogP contribution in [0, 0.1) is 0 Å².